The number of hydrogen-bond acceptors (Lipinski definition) is 5. The summed E-state index contributed by atoms with van der Waals surface area (Å²) in [6.45, 7) is 1.06. The number of nitrogens with one attached hydrogen (secondary N) is 1. The van der Waals surface area contributed by atoms with E-state index in [1.54, 1.807) is 36.3 Å². The monoisotopic (exact) mass is 485 g/mol. The standard InChI is InChI=1S/C28H27N3O3S/c1-34-24-14-12-23(13-15-24)30-26(32)20-25-27(33)31(19-17-22-10-6-3-7-11-22)28(35-25)29-18-16-21-8-4-2-5-9-21/h2-15,20H,16-19H2,1H3,(H,30,32)/b25-20-,29-28?. The Labute approximate surface area is 209 Å². The van der Waals surface area contributed by atoms with Crippen LogP contribution in [0, 0.1) is 0 Å². The summed E-state index contributed by atoms with van der Waals surface area (Å²) in [7, 11) is 1.59. The van der Waals surface area contributed by atoms with E-state index in [0.717, 1.165) is 12.0 Å². The minimum atomic E-state index is -0.362. The molecule has 0 aromatic heterocycles. The van der Waals surface area contributed by atoms with Gasteiger partial charge in [-0.15, -0.1) is 0 Å². The molecule has 1 fully saturated rings. The third kappa shape index (κ3) is 6.83. The summed E-state index contributed by atoms with van der Waals surface area (Å²) >= 11 is 1.25. The second kappa shape index (κ2) is 12.0. The van der Waals surface area contributed by atoms with Crippen LogP contribution in [-0.4, -0.2) is 42.1 Å². The number of amidine groups is 1. The molecule has 1 saturated heterocycles. The van der Waals surface area contributed by atoms with Gasteiger partial charge in [-0.25, -0.2) is 0 Å². The van der Waals surface area contributed by atoms with Gasteiger partial charge in [0.1, 0.15) is 5.75 Å². The second-order valence-electron chi connectivity index (χ2n) is 7.92. The number of carbonyl (C=O) groups excluding carboxylic acids is 2. The second-order valence-corrected chi connectivity index (χ2v) is 8.93. The molecule has 1 heterocycles. The van der Waals surface area contributed by atoms with Gasteiger partial charge in [0.25, 0.3) is 5.91 Å². The molecule has 3 aromatic carbocycles. The molecule has 1 N–H and O–H groups in total. The maximum Gasteiger partial charge on any atom is 0.266 e. The number of carbonyl (C=O) groups is 2. The van der Waals surface area contributed by atoms with Crippen molar-refractivity contribution in [1.82, 2.24) is 4.90 Å². The number of aliphatic imine (C=N–C) groups is 1. The van der Waals surface area contributed by atoms with E-state index in [2.05, 4.69) is 17.4 Å². The van der Waals surface area contributed by atoms with Crippen molar-refractivity contribution in [3.8, 4) is 5.75 Å². The molecule has 0 radical (unpaired) electrons. The van der Waals surface area contributed by atoms with Gasteiger partial charge in [0.15, 0.2) is 5.17 Å². The molecule has 0 saturated carbocycles. The van der Waals surface area contributed by atoms with Crippen molar-refractivity contribution >= 4 is 34.4 Å². The van der Waals surface area contributed by atoms with E-state index in [1.165, 1.54) is 23.4 Å². The molecule has 0 unspecified atom stereocenters. The van der Waals surface area contributed by atoms with Gasteiger partial charge in [0.2, 0.25) is 5.91 Å². The lowest BCUT2D eigenvalue weighted by Gasteiger charge is -2.15. The zero-order valence-corrected chi connectivity index (χ0v) is 20.3. The van der Waals surface area contributed by atoms with E-state index >= 15 is 0 Å². The third-order valence-electron chi connectivity index (χ3n) is 5.47. The fraction of sp³-hybridized carbons (Fsp3) is 0.179. The first kappa shape index (κ1) is 24.3. The van der Waals surface area contributed by atoms with Crippen molar-refractivity contribution in [1.29, 1.82) is 0 Å². The first-order valence-corrected chi connectivity index (χ1v) is 12.2. The van der Waals surface area contributed by atoms with Gasteiger partial charge in [0, 0.05) is 24.9 Å². The largest absolute Gasteiger partial charge is 0.497 e. The zero-order valence-electron chi connectivity index (χ0n) is 19.5. The van der Waals surface area contributed by atoms with Crippen molar-refractivity contribution in [3.63, 3.8) is 0 Å². The lowest BCUT2D eigenvalue weighted by Crippen LogP contribution is -2.31. The Morgan fingerprint density at radius 1 is 0.943 bits per heavy atom. The van der Waals surface area contributed by atoms with E-state index in [1.807, 2.05) is 48.5 Å². The van der Waals surface area contributed by atoms with E-state index in [0.29, 0.717) is 41.0 Å². The Morgan fingerprint density at radius 2 is 1.57 bits per heavy atom. The van der Waals surface area contributed by atoms with E-state index in [9.17, 15) is 9.59 Å². The molecule has 1 aliphatic heterocycles. The topological polar surface area (TPSA) is 71.0 Å². The van der Waals surface area contributed by atoms with Crippen molar-refractivity contribution in [2.45, 2.75) is 12.8 Å². The van der Waals surface area contributed by atoms with Crippen LogP contribution in [0.15, 0.2) is 101 Å². The number of methoxy groups -OCH3 is 1. The van der Waals surface area contributed by atoms with Crippen LogP contribution < -0.4 is 10.1 Å². The predicted octanol–water partition coefficient (Wildman–Crippen LogP) is 4.93. The Balaban J connectivity index is 1.47. The van der Waals surface area contributed by atoms with E-state index in [-0.39, 0.29) is 11.8 Å². The number of amides is 2. The van der Waals surface area contributed by atoms with Crippen molar-refractivity contribution in [3.05, 3.63) is 107 Å². The number of rotatable bonds is 9. The molecular formula is C28H27N3O3S. The van der Waals surface area contributed by atoms with Crippen LogP contribution in [0.3, 0.4) is 0 Å². The lowest BCUT2D eigenvalue weighted by molar-refractivity contribution is -0.122. The fourth-order valence-electron chi connectivity index (χ4n) is 3.61. The molecule has 178 valence electrons. The Kier molecular flexibility index (Phi) is 8.35. The third-order valence-corrected chi connectivity index (χ3v) is 6.51. The lowest BCUT2D eigenvalue weighted by atomic mass is 10.1. The molecule has 2 amide bonds. The number of anilines is 1. The Hall–Kier alpha value is -3.84. The van der Waals surface area contributed by atoms with Crippen LogP contribution in [0.25, 0.3) is 0 Å². The smallest absolute Gasteiger partial charge is 0.266 e. The van der Waals surface area contributed by atoms with Crippen molar-refractivity contribution < 1.29 is 14.3 Å². The summed E-state index contributed by atoms with van der Waals surface area (Å²) in [4.78, 5) is 32.6. The van der Waals surface area contributed by atoms with Crippen LogP contribution in [0.5, 0.6) is 5.75 Å². The average molecular weight is 486 g/mol. The van der Waals surface area contributed by atoms with Crippen molar-refractivity contribution in [2.75, 3.05) is 25.5 Å². The molecule has 1 aliphatic rings. The summed E-state index contributed by atoms with van der Waals surface area (Å²) in [5.41, 5.74) is 2.96. The molecular weight excluding hydrogens is 458 g/mol. The number of ether oxygens (including phenoxy) is 1. The fourth-order valence-corrected chi connectivity index (χ4v) is 4.61. The molecule has 7 heteroatoms. The first-order valence-electron chi connectivity index (χ1n) is 11.4. The molecule has 4 rings (SSSR count). The van der Waals surface area contributed by atoms with E-state index < -0.39 is 0 Å². The van der Waals surface area contributed by atoms with E-state index in [4.69, 9.17) is 9.73 Å². The number of nitrogens with zero attached hydrogens (tertiary/aromatic N) is 2. The zero-order chi connectivity index (χ0) is 24.5. The normalized spacial score (nSPS) is 15.6. The number of benzene rings is 3. The highest BCUT2D eigenvalue weighted by atomic mass is 32.2. The van der Waals surface area contributed by atoms with Crippen LogP contribution in [0.1, 0.15) is 11.1 Å². The SMILES string of the molecule is COc1ccc(NC(=O)/C=C2\SC(=NCCc3ccccc3)N(CCc3ccccc3)C2=O)cc1. The Bertz CT molecular complexity index is 1210. The summed E-state index contributed by atoms with van der Waals surface area (Å²) in [6.07, 6.45) is 2.84. The minimum absolute atomic E-state index is 0.200. The molecule has 6 nitrogen and oxygen atoms in total. The molecule has 0 aliphatic carbocycles. The van der Waals surface area contributed by atoms with Gasteiger partial charge in [-0.3, -0.25) is 19.5 Å². The van der Waals surface area contributed by atoms with Crippen LogP contribution in [0.4, 0.5) is 5.69 Å². The minimum Gasteiger partial charge on any atom is -0.497 e. The summed E-state index contributed by atoms with van der Waals surface area (Å²) < 4.78 is 5.14. The molecule has 3 aromatic rings. The van der Waals surface area contributed by atoms with Gasteiger partial charge in [-0.1, -0.05) is 60.7 Å². The highest BCUT2D eigenvalue weighted by Crippen LogP contribution is 2.31. The Morgan fingerprint density at radius 3 is 2.20 bits per heavy atom. The van der Waals surface area contributed by atoms with Crippen molar-refractivity contribution in [2.24, 2.45) is 4.99 Å². The summed E-state index contributed by atoms with van der Waals surface area (Å²) in [5, 5.41) is 3.43. The van der Waals surface area contributed by atoms with Gasteiger partial charge in [0.05, 0.1) is 12.0 Å². The average Bonchev–Trinajstić information content (AvgIpc) is 3.18. The quantitative estimate of drug-likeness (QED) is 0.436. The van der Waals surface area contributed by atoms with Crippen LogP contribution in [-0.2, 0) is 22.4 Å². The predicted molar refractivity (Wildman–Crippen MR) is 142 cm³/mol. The summed E-state index contributed by atoms with van der Waals surface area (Å²) in [5.74, 6) is 0.141. The molecule has 0 atom stereocenters. The molecule has 35 heavy (non-hydrogen) atoms. The van der Waals surface area contributed by atoms with Gasteiger partial charge >= 0.3 is 0 Å². The van der Waals surface area contributed by atoms with Gasteiger partial charge < -0.3 is 10.1 Å². The first-order chi connectivity index (χ1) is 17.1. The maximum absolute atomic E-state index is 13.2. The maximum atomic E-state index is 13.2. The van der Waals surface area contributed by atoms with Gasteiger partial charge in [-0.05, 0) is 60.0 Å². The van der Waals surface area contributed by atoms with Crippen LogP contribution in [0.2, 0.25) is 0 Å². The van der Waals surface area contributed by atoms with Crippen LogP contribution >= 0.6 is 11.8 Å². The molecule has 0 bridgehead atoms. The number of thioether (sulfide) groups is 1. The molecule has 0 spiro atoms. The van der Waals surface area contributed by atoms with Gasteiger partial charge in [-0.2, -0.15) is 0 Å². The number of hydrogen-bond donors (Lipinski definition) is 1. The highest BCUT2D eigenvalue weighted by Gasteiger charge is 2.33. The highest BCUT2D eigenvalue weighted by molar-refractivity contribution is 8.18. The summed E-state index contributed by atoms with van der Waals surface area (Å²) in [6, 6.07) is 27.2.